The molecule has 1 aliphatic heterocycles. The molecule has 0 bridgehead atoms. The second-order valence-electron chi connectivity index (χ2n) is 5.16. The molecule has 0 saturated carbocycles. The first-order valence-corrected chi connectivity index (χ1v) is 5.67. The second-order valence-corrected chi connectivity index (χ2v) is 5.16. The lowest BCUT2D eigenvalue weighted by Crippen LogP contribution is -2.50. The van der Waals surface area contributed by atoms with Crippen LogP contribution < -0.4 is 0 Å². The lowest BCUT2D eigenvalue weighted by molar-refractivity contribution is -0.0873. The van der Waals surface area contributed by atoms with E-state index in [0.717, 1.165) is 6.61 Å². The van der Waals surface area contributed by atoms with Crippen LogP contribution in [0.2, 0.25) is 0 Å². The average molecular weight is 220 g/mol. The molecule has 0 amide bonds. The van der Waals surface area contributed by atoms with Crippen molar-refractivity contribution in [3.05, 3.63) is 36.4 Å². The van der Waals surface area contributed by atoms with Crippen LogP contribution in [0.25, 0.3) is 0 Å². The highest BCUT2D eigenvalue weighted by atomic mass is 16.6. The van der Waals surface area contributed by atoms with Crippen LogP contribution in [0.5, 0.6) is 0 Å². The number of hydrogen-bond acceptors (Lipinski definition) is 2. The van der Waals surface area contributed by atoms with Gasteiger partial charge in [-0.15, -0.1) is 0 Å². The number of benzene rings is 1. The standard InChI is InChI=1S/C7H15BO2.C6H6/c1-6(2)5-9-8-10-7(6,3)4;1-2-4-6-5-3-1/h8H,5H2,1-4H3;1-6H. The molecule has 1 saturated heterocycles. The monoisotopic (exact) mass is 220 g/mol. The van der Waals surface area contributed by atoms with Crippen molar-refractivity contribution < 1.29 is 9.31 Å². The van der Waals surface area contributed by atoms with E-state index in [1.165, 1.54) is 0 Å². The zero-order valence-electron chi connectivity index (χ0n) is 10.7. The Kier molecular flexibility index (Phi) is 4.57. The Morgan fingerprint density at radius 3 is 1.56 bits per heavy atom. The Morgan fingerprint density at radius 1 is 0.875 bits per heavy atom. The van der Waals surface area contributed by atoms with Gasteiger partial charge in [0.1, 0.15) is 0 Å². The summed E-state index contributed by atoms with van der Waals surface area (Å²) >= 11 is 0. The zero-order valence-corrected chi connectivity index (χ0v) is 10.7. The third-order valence-electron chi connectivity index (χ3n) is 3.26. The van der Waals surface area contributed by atoms with Crippen LogP contribution in [0, 0.1) is 5.41 Å². The highest BCUT2D eigenvalue weighted by Crippen LogP contribution is 2.35. The van der Waals surface area contributed by atoms with Crippen LogP contribution in [0.3, 0.4) is 0 Å². The molecule has 0 spiro atoms. The highest BCUT2D eigenvalue weighted by Gasteiger charge is 2.40. The van der Waals surface area contributed by atoms with Gasteiger partial charge in [-0.05, 0) is 13.8 Å². The number of rotatable bonds is 0. The van der Waals surface area contributed by atoms with Gasteiger partial charge in [0, 0.05) is 12.0 Å². The quantitative estimate of drug-likeness (QED) is 0.626. The molecule has 1 aromatic rings. The maximum Gasteiger partial charge on any atom is 0.438 e. The largest absolute Gasteiger partial charge is 0.438 e. The molecular weight excluding hydrogens is 199 g/mol. The van der Waals surface area contributed by atoms with Crippen molar-refractivity contribution >= 4 is 7.69 Å². The summed E-state index contributed by atoms with van der Waals surface area (Å²) in [6.45, 7) is 9.32. The third-order valence-corrected chi connectivity index (χ3v) is 3.26. The predicted octanol–water partition coefficient (Wildman–Crippen LogP) is 2.79. The van der Waals surface area contributed by atoms with Gasteiger partial charge in [0.25, 0.3) is 0 Å². The summed E-state index contributed by atoms with van der Waals surface area (Å²) in [6.07, 6.45) is 0. The van der Waals surface area contributed by atoms with Crippen molar-refractivity contribution in [1.29, 1.82) is 0 Å². The van der Waals surface area contributed by atoms with Gasteiger partial charge in [-0.2, -0.15) is 0 Å². The fourth-order valence-electron chi connectivity index (χ4n) is 1.24. The molecule has 0 aliphatic carbocycles. The minimum absolute atomic E-state index is 0.0503. The van der Waals surface area contributed by atoms with E-state index in [-0.39, 0.29) is 11.0 Å². The van der Waals surface area contributed by atoms with E-state index < -0.39 is 0 Å². The number of hydrogen-bond donors (Lipinski definition) is 0. The summed E-state index contributed by atoms with van der Waals surface area (Å²) < 4.78 is 10.7. The molecule has 0 atom stereocenters. The van der Waals surface area contributed by atoms with Gasteiger partial charge in [-0.3, -0.25) is 0 Å². The molecule has 1 aromatic carbocycles. The second kappa shape index (κ2) is 5.51. The minimum Gasteiger partial charge on any atom is -0.413 e. The molecule has 1 fully saturated rings. The van der Waals surface area contributed by atoms with Gasteiger partial charge in [0.15, 0.2) is 0 Å². The van der Waals surface area contributed by atoms with E-state index in [1.54, 1.807) is 0 Å². The van der Waals surface area contributed by atoms with Crippen molar-refractivity contribution in [2.75, 3.05) is 6.61 Å². The van der Waals surface area contributed by atoms with Gasteiger partial charge in [0.2, 0.25) is 0 Å². The molecule has 0 unspecified atom stereocenters. The Morgan fingerprint density at radius 2 is 1.31 bits per heavy atom. The van der Waals surface area contributed by atoms with Crippen LogP contribution in [-0.4, -0.2) is 19.9 Å². The average Bonchev–Trinajstić information content (AvgIpc) is 2.26. The van der Waals surface area contributed by atoms with Crippen molar-refractivity contribution in [2.24, 2.45) is 5.41 Å². The van der Waals surface area contributed by atoms with Crippen LogP contribution in [0.4, 0.5) is 0 Å². The van der Waals surface area contributed by atoms with Crippen LogP contribution >= 0.6 is 0 Å². The van der Waals surface area contributed by atoms with Gasteiger partial charge in [-0.25, -0.2) is 0 Å². The fraction of sp³-hybridized carbons (Fsp3) is 0.538. The maximum absolute atomic E-state index is 5.46. The minimum atomic E-state index is -0.0503. The molecule has 1 heterocycles. The van der Waals surface area contributed by atoms with E-state index >= 15 is 0 Å². The van der Waals surface area contributed by atoms with Gasteiger partial charge < -0.3 is 9.31 Å². The van der Waals surface area contributed by atoms with Gasteiger partial charge >= 0.3 is 7.69 Å². The summed E-state index contributed by atoms with van der Waals surface area (Å²) in [5, 5.41) is 0. The molecule has 3 heteroatoms. The molecule has 88 valence electrons. The first-order chi connectivity index (χ1) is 7.46. The van der Waals surface area contributed by atoms with E-state index in [9.17, 15) is 0 Å². The highest BCUT2D eigenvalue weighted by molar-refractivity contribution is 6.18. The van der Waals surface area contributed by atoms with Crippen molar-refractivity contribution in [3.8, 4) is 0 Å². The SMILES string of the molecule is CC1(C)COBOC1(C)C.c1ccccc1. The van der Waals surface area contributed by atoms with Crippen molar-refractivity contribution in [3.63, 3.8) is 0 Å². The lowest BCUT2D eigenvalue weighted by Gasteiger charge is -2.45. The summed E-state index contributed by atoms with van der Waals surface area (Å²) in [7, 11) is 0.441. The van der Waals surface area contributed by atoms with E-state index in [4.69, 9.17) is 9.31 Å². The molecule has 1 aliphatic rings. The Labute approximate surface area is 99.3 Å². The molecule has 2 rings (SSSR count). The Balaban J connectivity index is 0.000000181. The van der Waals surface area contributed by atoms with E-state index in [0.29, 0.717) is 7.69 Å². The first-order valence-electron chi connectivity index (χ1n) is 5.67. The van der Waals surface area contributed by atoms with Crippen LogP contribution in [-0.2, 0) is 9.31 Å². The Hall–Kier alpha value is -0.795. The van der Waals surface area contributed by atoms with E-state index in [1.807, 2.05) is 36.4 Å². The van der Waals surface area contributed by atoms with Gasteiger partial charge in [0.05, 0.1) is 5.60 Å². The normalized spacial score (nSPS) is 21.2. The molecular formula is C13H21BO2. The lowest BCUT2D eigenvalue weighted by atomic mass is 9.76. The molecule has 2 nitrogen and oxygen atoms in total. The Bertz CT molecular complexity index is 253. The molecule has 0 aromatic heterocycles. The van der Waals surface area contributed by atoms with Crippen molar-refractivity contribution in [2.45, 2.75) is 33.3 Å². The van der Waals surface area contributed by atoms with Gasteiger partial charge in [-0.1, -0.05) is 50.2 Å². The third kappa shape index (κ3) is 3.65. The van der Waals surface area contributed by atoms with E-state index in [2.05, 4.69) is 27.7 Å². The summed E-state index contributed by atoms with van der Waals surface area (Å²) in [4.78, 5) is 0. The summed E-state index contributed by atoms with van der Waals surface area (Å²) in [5.41, 5.74) is 0.0799. The first kappa shape index (κ1) is 13.3. The summed E-state index contributed by atoms with van der Waals surface area (Å²) in [6, 6.07) is 12.0. The van der Waals surface area contributed by atoms with Crippen LogP contribution in [0.15, 0.2) is 36.4 Å². The zero-order chi connectivity index (χ0) is 12.1. The topological polar surface area (TPSA) is 18.5 Å². The van der Waals surface area contributed by atoms with Crippen LogP contribution in [0.1, 0.15) is 27.7 Å². The molecule has 0 radical (unpaired) electrons. The predicted molar refractivity (Wildman–Crippen MR) is 68.5 cm³/mol. The maximum atomic E-state index is 5.46. The molecule has 0 N–H and O–H groups in total. The fourth-order valence-corrected chi connectivity index (χ4v) is 1.24. The molecule has 16 heavy (non-hydrogen) atoms. The smallest absolute Gasteiger partial charge is 0.413 e. The summed E-state index contributed by atoms with van der Waals surface area (Å²) in [5.74, 6) is 0. The van der Waals surface area contributed by atoms with Crippen molar-refractivity contribution in [1.82, 2.24) is 0 Å².